The van der Waals surface area contributed by atoms with Gasteiger partial charge in [-0.1, -0.05) is 11.8 Å². The number of rotatable bonds is 5. The number of nitriles is 1. The van der Waals surface area contributed by atoms with Crippen molar-refractivity contribution in [3.05, 3.63) is 12.4 Å². The zero-order valence-electron chi connectivity index (χ0n) is 9.60. The maximum Gasteiger partial charge on any atom is 0.167 e. The molecule has 4 nitrogen and oxygen atoms in total. The summed E-state index contributed by atoms with van der Waals surface area (Å²) >= 11 is 1.64. The highest BCUT2D eigenvalue weighted by Gasteiger charge is 2.44. The smallest absolute Gasteiger partial charge is 0.167 e. The fraction of sp³-hybridized carbons (Fsp3) is 0.636. The van der Waals surface area contributed by atoms with E-state index in [0.717, 1.165) is 23.8 Å². The molecule has 1 saturated carbocycles. The predicted octanol–water partition coefficient (Wildman–Crippen LogP) is 1.40. The number of hydrogen-bond acceptors (Lipinski definition) is 4. The first-order valence-corrected chi connectivity index (χ1v) is 6.40. The standard InChI is InChI=1S/C11H16N4S/c1-13-11(7-12,9-3-4-9)8-16-10-14-5-6-15(10)2/h5-6,9,13H,3-4,8H2,1-2H3. The van der Waals surface area contributed by atoms with Gasteiger partial charge in [0.15, 0.2) is 5.16 Å². The van der Waals surface area contributed by atoms with Crippen LogP contribution in [0.1, 0.15) is 12.8 Å². The lowest BCUT2D eigenvalue weighted by atomic mass is 9.98. The van der Waals surface area contributed by atoms with Gasteiger partial charge in [-0.25, -0.2) is 4.98 Å². The molecule has 0 aromatic carbocycles. The van der Waals surface area contributed by atoms with Crippen molar-refractivity contribution in [1.29, 1.82) is 5.26 Å². The van der Waals surface area contributed by atoms with Crippen molar-refractivity contribution in [2.24, 2.45) is 13.0 Å². The molecule has 86 valence electrons. The third kappa shape index (κ3) is 2.08. The Hall–Kier alpha value is -0.990. The van der Waals surface area contributed by atoms with Crippen LogP contribution in [0, 0.1) is 17.2 Å². The van der Waals surface area contributed by atoms with Crippen molar-refractivity contribution in [3.63, 3.8) is 0 Å². The topological polar surface area (TPSA) is 53.6 Å². The van der Waals surface area contributed by atoms with Gasteiger partial charge in [0, 0.05) is 25.2 Å². The molecule has 1 atom stereocenters. The van der Waals surface area contributed by atoms with Gasteiger partial charge in [0.2, 0.25) is 0 Å². The van der Waals surface area contributed by atoms with Gasteiger partial charge in [0.05, 0.1) is 6.07 Å². The lowest BCUT2D eigenvalue weighted by molar-refractivity contribution is 0.441. The van der Waals surface area contributed by atoms with Gasteiger partial charge >= 0.3 is 0 Å². The van der Waals surface area contributed by atoms with E-state index < -0.39 is 0 Å². The molecule has 1 aromatic rings. The molecular formula is C11H16N4S. The highest BCUT2D eigenvalue weighted by Crippen LogP contribution is 2.41. The minimum absolute atomic E-state index is 0.378. The summed E-state index contributed by atoms with van der Waals surface area (Å²) in [5.41, 5.74) is -0.378. The maximum absolute atomic E-state index is 9.33. The summed E-state index contributed by atoms with van der Waals surface area (Å²) in [4.78, 5) is 4.26. The third-order valence-electron chi connectivity index (χ3n) is 3.13. The Labute approximate surface area is 100 Å². The van der Waals surface area contributed by atoms with Crippen molar-refractivity contribution in [3.8, 4) is 6.07 Å². The van der Waals surface area contributed by atoms with E-state index in [1.807, 2.05) is 24.9 Å². The lowest BCUT2D eigenvalue weighted by Gasteiger charge is -2.25. The van der Waals surface area contributed by atoms with Crippen molar-refractivity contribution in [1.82, 2.24) is 14.9 Å². The van der Waals surface area contributed by atoms with Gasteiger partial charge in [-0.15, -0.1) is 0 Å². The third-order valence-corrected chi connectivity index (χ3v) is 4.38. The Morgan fingerprint density at radius 1 is 1.75 bits per heavy atom. The van der Waals surface area contributed by atoms with E-state index in [-0.39, 0.29) is 5.54 Å². The maximum atomic E-state index is 9.33. The first-order valence-electron chi connectivity index (χ1n) is 5.42. The second-order valence-electron chi connectivity index (χ2n) is 4.22. The molecule has 0 aliphatic heterocycles. The van der Waals surface area contributed by atoms with Crippen molar-refractivity contribution in [2.75, 3.05) is 12.8 Å². The second kappa shape index (κ2) is 4.48. The summed E-state index contributed by atoms with van der Waals surface area (Å²) < 4.78 is 1.98. The fourth-order valence-corrected chi connectivity index (χ4v) is 3.02. The Morgan fingerprint density at radius 3 is 2.94 bits per heavy atom. The van der Waals surface area contributed by atoms with E-state index in [9.17, 15) is 5.26 Å². The van der Waals surface area contributed by atoms with Crippen LogP contribution in [0.4, 0.5) is 0 Å². The SMILES string of the molecule is CNC(C#N)(CSc1nccn1C)C1CC1. The number of imidazole rings is 1. The molecule has 1 N–H and O–H groups in total. The van der Waals surface area contributed by atoms with Crippen LogP contribution in [-0.2, 0) is 7.05 Å². The average Bonchev–Trinajstić information content (AvgIpc) is 3.07. The minimum atomic E-state index is -0.378. The zero-order chi connectivity index (χ0) is 11.6. The molecule has 1 unspecified atom stereocenters. The summed E-state index contributed by atoms with van der Waals surface area (Å²) in [6, 6.07) is 2.44. The van der Waals surface area contributed by atoms with Gasteiger partial charge in [-0.3, -0.25) is 0 Å². The molecule has 16 heavy (non-hydrogen) atoms. The molecule has 0 bridgehead atoms. The molecule has 5 heteroatoms. The van der Waals surface area contributed by atoms with E-state index in [1.54, 1.807) is 18.0 Å². The molecule has 1 aliphatic carbocycles. The van der Waals surface area contributed by atoms with Crippen LogP contribution in [0.15, 0.2) is 17.6 Å². The van der Waals surface area contributed by atoms with E-state index in [2.05, 4.69) is 16.4 Å². The van der Waals surface area contributed by atoms with E-state index in [1.165, 1.54) is 0 Å². The highest BCUT2D eigenvalue weighted by atomic mass is 32.2. The number of aryl methyl sites for hydroxylation is 1. The van der Waals surface area contributed by atoms with E-state index in [0.29, 0.717) is 5.92 Å². The lowest BCUT2D eigenvalue weighted by Crippen LogP contribution is -2.46. The number of nitrogens with zero attached hydrogens (tertiary/aromatic N) is 3. The average molecular weight is 236 g/mol. The normalized spacial score (nSPS) is 19.1. The largest absolute Gasteiger partial charge is 0.329 e. The Kier molecular flexibility index (Phi) is 3.22. The molecule has 1 fully saturated rings. The van der Waals surface area contributed by atoms with Crippen LogP contribution < -0.4 is 5.32 Å². The highest BCUT2D eigenvalue weighted by molar-refractivity contribution is 7.99. The van der Waals surface area contributed by atoms with Crippen molar-refractivity contribution >= 4 is 11.8 Å². The van der Waals surface area contributed by atoms with Gasteiger partial charge in [-0.05, 0) is 25.8 Å². The summed E-state index contributed by atoms with van der Waals surface area (Å²) in [6.45, 7) is 0. The first kappa shape index (κ1) is 11.5. The number of nitrogens with one attached hydrogen (secondary N) is 1. The molecular weight excluding hydrogens is 220 g/mol. The summed E-state index contributed by atoms with van der Waals surface area (Å²) in [6.07, 6.45) is 6.03. The molecule has 0 saturated heterocycles. The number of hydrogen-bond donors (Lipinski definition) is 1. The number of aromatic nitrogens is 2. The summed E-state index contributed by atoms with van der Waals surface area (Å²) in [7, 11) is 3.85. The molecule has 0 spiro atoms. The summed E-state index contributed by atoms with van der Waals surface area (Å²) in [5, 5.41) is 13.5. The zero-order valence-corrected chi connectivity index (χ0v) is 10.4. The van der Waals surface area contributed by atoms with Crippen LogP contribution in [-0.4, -0.2) is 27.9 Å². The molecule has 1 heterocycles. The van der Waals surface area contributed by atoms with Crippen LogP contribution >= 0.6 is 11.8 Å². The van der Waals surface area contributed by atoms with Crippen LogP contribution in [0.3, 0.4) is 0 Å². The van der Waals surface area contributed by atoms with Gasteiger partial charge in [-0.2, -0.15) is 5.26 Å². The van der Waals surface area contributed by atoms with Gasteiger partial charge in [0.1, 0.15) is 5.54 Å². The van der Waals surface area contributed by atoms with Gasteiger partial charge < -0.3 is 9.88 Å². The van der Waals surface area contributed by atoms with E-state index >= 15 is 0 Å². The number of thioether (sulfide) groups is 1. The predicted molar refractivity (Wildman–Crippen MR) is 64.1 cm³/mol. The molecule has 1 aliphatic rings. The first-order chi connectivity index (χ1) is 7.72. The Morgan fingerprint density at radius 2 is 2.50 bits per heavy atom. The molecule has 1 aromatic heterocycles. The van der Waals surface area contributed by atoms with Crippen molar-refractivity contribution < 1.29 is 0 Å². The molecule has 0 amide bonds. The second-order valence-corrected chi connectivity index (χ2v) is 5.16. The summed E-state index contributed by atoms with van der Waals surface area (Å²) in [5.74, 6) is 1.27. The Bertz CT molecular complexity index is 404. The molecule has 0 radical (unpaired) electrons. The monoisotopic (exact) mass is 236 g/mol. The minimum Gasteiger partial charge on any atom is -0.329 e. The Balaban J connectivity index is 2.02. The van der Waals surface area contributed by atoms with Crippen LogP contribution in [0.25, 0.3) is 0 Å². The van der Waals surface area contributed by atoms with E-state index in [4.69, 9.17) is 0 Å². The van der Waals surface area contributed by atoms with Crippen molar-refractivity contribution in [2.45, 2.75) is 23.5 Å². The van der Waals surface area contributed by atoms with Gasteiger partial charge in [0.25, 0.3) is 0 Å². The van der Waals surface area contributed by atoms with Crippen LogP contribution in [0.5, 0.6) is 0 Å². The fourth-order valence-electron chi connectivity index (χ4n) is 1.82. The quantitative estimate of drug-likeness (QED) is 0.785. The molecule has 2 rings (SSSR count). The van der Waals surface area contributed by atoms with Crippen LogP contribution in [0.2, 0.25) is 0 Å².